The van der Waals surface area contributed by atoms with E-state index in [-0.39, 0.29) is 17.6 Å². The SMILES string of the molecule is O=C([C@H]1CC(Cc2cccc(F)c2)=NO1)N1CCC([C@H](O)Cc2ccccc2)CC1. The van der Waals surface area contributed by atoms with Crippen molar-refractivity contribution in [2.24, 2.45) is 11.1 Å². The average Bonchev–Trinajstić information content (AvgIpc) is 3.22. The molecule has 2 aliphatic heterocycles. The first-order chi connectivity index (χ1) is 14.6. The van der Waals surface area contributed by atoms with Crippen LogP contribution in [0, 0.1) is 11.7 Å². The van der Waals surface area contributed by atoms with Gasteiger partial charge in [0.05, 0.1) is 11.8 Å². The van der Waals surface area contributed by atoms with Crippen LogP contribution in [0.25, 0.3) is 0 Å². The van der Waals surface area contributed by atoms with Crippen molar-refractivity contribution in [3.05, 3.63) is 71.5 Å². The molecule has 0 unspecified atom stereocenters. The van der Waals surface area contributed by atoms with Crippen molar-refractivity contribution in [3.8, 4) is 0 Å². The molecule has 158 valence electrons. The van der Waals surface area contributed by atoms with Gasteiger partial charge >= 0.3 is 0 Å². The molecular formula is C24H27FN2O3. The summed E-state index contributed by atoms with van der Waals surface area (Å²) in [6, 6.07) is 16.4. The maximum absolute atomic E-state index is 13.3. The molecule has 6 heteroatoms. The molecule has 0 spiro atoms. The summed E-state index contributed by atoms with van der Waals surface area (Å²) in [6.07, 6.45) is 2.13. The molecule has 1 saturated heterocycles. The quantitative estimate of drug-likeness (QED) is 0.794. The van der Waals surface area contributed by atoms with Crippen molar-refractivity contribution in [2.75, 3.05) is 13.1 Å². The molecule has 5 nitrogen and oxygen atoms in total. The average molecular weight is 410 g/mol. The highest BCUT2D eigenvalue weighted by molar-refractivity contribution is 5.94. The van der Waals surface area contributed by atoms with Gasteiger partial charge in [0.25, 0.3) is 5.91 Å². The molecule has 0 bridgehead atoms. The van der Waals surface area contributed by atoms with Crippen molar-refractivity contribution in [1.29, 1.82) is 0 Å². The Kier molecular flexibility index (Phi) is 6.43. The van der Waals surface area contributed by atoms with Crippen LogP contribution in [-0.2, 0) is 22.5 Å². The van der Waals surface area contributed by atoms with Gasteiger partial charge in [0.1, 0.15) is 5.82 Å². The minimum atomic E-state index is -0.598. The number of piperidine rings is 1. The van der Waals surface area contributed by atoms with Crippen LogP contribution in [0.15, 0.2) is 59.8 Å². The summed E-state index contributed by atoms with van der Waals surface area (Å²) in [6.45, 7) is 1.24. The van der Waals surface area contributed by atoms with Gasteiger partial charge in [0.15, 0.2) is 0 Å². The zero-order valence-corrected chi connectivity index (χ0v) is 16.9. The molecular weight excluding hydrogens is 383 g/mol. The molecule has 30 heavy (non-hydrogen) atoms. The molecule has 0 aromatic heterocycles. The number of hydrogen-bond acceptors (Lipinski definition) is 4. The highest BCUT2D eigenvalue weighted by Crippen LogP contribution is 2.25. The third-order valence-corrected chi connectivity index (χ3v) is 5.99. The van der Waals surface area contributed by atoms with Crippen molar-refractivity contribution < 1.29 is 19.1 Å². The smallest absolute Gasteiger partial charge is 0.266 e. The molecule has 1 N–H and O–H groups in total. The zero-order valence-electron chi connectivity index (χ0n) is 16.9. The Bertz CT molecular complexity index is 894. The topological polar surface area (TPSA) is 62.1 Å². The number of nitrogens with zero attached hydrogens (tertiary/aromatic N) is 2. The number of rotatable bonds is 6. The molecule has 2 aliphatic rings. The molecule has 4 rings (SSSR count). The summed E-state index contributed by atoms with van der Waals surface area (Å²) in [5.41, 5.74) is 2.71. The number of halogens is 1. The van der Waals surface area contributed by atoms with Crippen molar-refractivity contribution in [2.45, 2.75) is 44.3 Å². The number of benzene rings is 2. The number of carbonyl (C=O) groups is 1. The van der Waals surface area contributed by atoms with Crippen LogP contribution in [0.2, 0.25) is 0 Å². The number of likely N-dealkylation sites (tertiary alicyclic amines) is 1. The van der Waals surface area contributed by atoms with Gasteiger partial charge in [0.2, 0.25) is 6.10 Å². The van der Waals surface area contributed by atoms with E-state index in [9.17, 15) is 14.3 Å². The molecule has 2 aromatic rings. The number of oxime groups is 1. The summed E-state index contributed by atoms with van der Waals surface area (Å²) < 4.78 is 13.3. The Morgan fingerprint density at radius 2 is 1.87 bits per heavy atom. The van der Waals surface area contributed by atoms with E-state index in [0.717, 1.165) is 29.7 Å². The third-order valence-electron chi connectivity index (χ3n) is 5.99. The van der Waals surface area contributed by atoms with Gasteiger partial charge in [0, 0.05) is 25.9 Å². The second kappa shape index (κ2) is 9.39. The van der Waals surface area contributed by atoms with Gasteiger partial charge in [-0.05, 0) is 48.4 Å². The largest absolute Gasteiger partial charge is 0.392 e. The monoisotopic (exact) mass is 410 g/mol. The second-order valence-electron chi connectivity index (χ2n) is 8.18. The predicted octanol–water partition coefficient (Wildman–Crippen LogP) is 3.36. The third kappa shape index (κ3) is 5.05. The van der Waals surface area contributed by atoms with Crippen molar-refractivity contribution in [3.63, 3.8) is 0 Å². The molecule has 0 aliphatic carbocycles. The summed E-state index contributed by atoms with van der Waals surface area (Å²) in [7, 11) is 0. The minimum Gasteiger partial charge on any atom is -0.392 e. The molecule has 1 amide bonds. The van der Waals surface area contributed by atoms with Crippen LogP contribution >= 0.6 is 0 Å². The lowest BCUT2D eigenvalue weighted by Crippen LogP contribution is -2.45. The molecule has 2 heterocycles. The minimum absolute atomic E-state index is 0.0519. The van der Waals surface area contributed by atoms with Crippen LogP contribution in [0.1, 0.15) is 30.4 Å². The van der Waals surface area contributed by atoms with Gasteiger partial charge in [-0.2, -0.15) is 0 Å². The number of carbonyl (C=O) groups excluding carboxylic acids is 1. The summed E-state index contributed by atoms with van der Waals surface area (Å²) in [5, 5.41) is 14.6. The van der Waals surface area contributed by atoms with E-state index >= 15 is 0 Å². The fourth-order valence-electron chi connectivity index (χ4n) is 4.28. The van der Waals surface area contributed by atoms with Crippen LogP contribution in [0.3, 0.4) is 0 Å². The Labute approximate surface area is 176 Å². The Balaban J connectivity index is 1.24. The van der Waals surface area contributed by atoms with Gasteiger partial charge in [-0.15, -0.1) is 0 Å². The van der Waals surface area contributed by atoms with E-state index in [1.807, 2.05) is 41.3 Å². The Hall–Kier alpha value is -2.73. The molecule has 2 aromatic carbocycles. The molecule has 0 saturated carbocycles. The number of amides is 1. The van der Waals surface area contributed by atoms with Crippen LogP contribution in [0.4, 0.5) is 4.39 Å². The van der Waals surface area contributed by atoms with E-state index in [4.69, 9.17) is 4.84 Å². The van der Waals surface area contributed by atoms with E-state index in [0.29, 0.717) is 32.4 Å². The van der Waals surface area contributed by atoms with E-state index in [2.05, 4.69) is 5.16 Å². The lowest BCUT2D eigenvalue weighted by molar-refractivity contribution is -0.144. The standard InChI is InChI=1S/C24H27FN2O3/c25-20-8-4-7-18(13-20)14-21-16-23(30-26-21)24(29)27-11-9-19(10-12-27)22(28)15-17-5-2-1-3-6-17/h1-8,13,19,22-23,28H,9-12,14-16H2/t22-,23-/m1/s1. The summed E-state index contributed by atoms with van der Waals surface area (Å²) in [4.78, 5) is 20.0. The summed E-state index contributed by atoms with van der Waals surface area (Å²) >= 11 is 0. The van der Waals surface area contributed by atoms with Gasteiger partial charge in [-0.25, -0.2) is 4.39 Å². The lowest BCUT2D eigenvalue weighted by atomic mass is 9.87. The fourth-order valence-corrected chi connectivity index (χ4v) is 4.28. The highest BCUT2D eigenvalue weighted by Gasteiger charge is 2.35. The molecule has 2 atom stereocenters. The predicted molar refractivity (Wildman–Crippen MR) is 112 cm³/mol. The summed E-state index contributed by atoms with van der Waals surface area (Å²) in [5.74, 6) is -0.139. The first-order valence-corrected chi connectivity index (χ1v) is 10.6. The Morgan fingerprint density at radius 3 is 2.60 bits per heavy atom. The maximum Gasteiger partial charge on any atom is 0.266 e. The molecule has 1 fully saturated rings. The van der Waals surface area contributed by atoms with E-state index in [1.165, 1.54) is 12.1 Å². The normalized spacial score (nSPS) is 20.5. The van der Waals surface area contributed by atoms with Crippen molar-refractivity contribution >= 4 is 11.6 Å². The highest BCUT2D eigenvalue weighted by atomic mass is 19.1. The number of hydrogen-bond donors (Lipinski definition) is 1. The van der Waals surface area contributed by atoms with E-state index in [1.54, 1.807) is 6.07 Å². The second-order valence-corrected chi connectivity index (χ2v) is 8.18. The van der Waals surface area contributed by atoms with Crippen LogP contribution in [0.5, 0.6) is 0 Å². The lowest BCUT2D eigenvalue weighted by Gasteiger charge is -2.35. The van der Waals surface area contributed by atoms with Gasteiger partial charge < -0.3 is 14.8 Å². The molecule has 0 radical (unpaired) electrons. The number of aliphatic hydroxyl groups is 1. The maximum atomic E-state index is 13.3. The first-order valence-electron chi connectivity index (χ1n) is 10.6. The van der Waals surface area contributed by atoms with Crippen molar-refractivity contribution in [1.82, 2.24) is 4.90 Å². The van der Waals surface area contributed by atoms with Gasteiger partial charge in [-0.3, -0.25) is 4.79 Å². The van der Waals surface area contributed by atoms with Crippen LogP contribution in [-0.4, -0.2) is 46.9 Å². The van der Waals surface area contributed by atoms with Crippen LogP contribution < -0.4 is 0 Å². The van der Waals surface area contributed by atoms with Gasteiger partial charge in [-0.1, -0.05) is 47.6 Å². The van der Waals surface area contributed by atoms with E-state index < -0.39 is 12.2 Å². The fraction of sp³-hybridized carbons (Fsp3) is 0.417. The zero-order chi connectivity index (χ0) is 20.9. The number of aliphatic hydroxyl groups excluding tert-OH is 1. The first kappa shape index (κ1) is 20.5. The Morgan fingerprint density at radius 1 is 1.13 bits per heavy atom.